The number of nitrogens with zero attached hydrogens (tertiary/aromatic N) is 2. The Morgan fingerprint density at radius 1 is 1.21 bits per heavy atom. The third-order valence-electron chi connectivity index (χ3n) is 3.16. The van der Waals surface area contributed by atoms with Crippen LogP contribution in [0.15, 0.2) is 52.9 Å². The molecule has 1 heterocycles. The smallest absolute Gasteiger partial charge is 0.257 e. The molecule has 0 aliphatic rings. The number of aryl methyl sites for hydroxylation is 1. The molecule has 4 nitrogen and oxygen atoms in total. The van der Waals surface area contributed by atoms with Crippen molar-refractivity contribution in [2.45, 2.75) is 17.0 Å². The molecule has 1 amide bonds. The molecule has 2 aromatic carbocycles. The van der Waals surface area contributed by atoms with E-state index >= 15 is 0 Å². The number of thioether (sulfide) groups is 1. The van der Waals surface area contributed by atoms with Crippen molar-refractivity contribution in [3.63, 3.8) is 0 Å². The van der Waals surface area contributed by atoms with Gasteiger partial charge in [0.2, 0.25) is 5.13 Å². The molecule has 0 aliphatic carbocycles. The van der Waals surface area contributed by atoms with Crippen LogP contribution in [0.1, 0.15) is 21.5 Å². The van der Waals surface area contributed by atoms with Crippen LogP contribution in [0.4, 0.5) is 9.52 Å². The van der Waals surface area contributed by atoms with Gasteiger partial charge in [-0.15, -0.1) is 10.2 Å². The first-order valence-electron chi connectivity index (χ1n) is 7.19. The molecular formula is C17H14FN3OS2. The van der Waals surface area contributed by atoms with Crippen LogP contribution in [-0.4, -0.2) is 16.1 Å². The van der Waals surface area contributed by atoms with Gasteiger partial charge in [0.15, 0.2) is 4.34 Å². The Hall–Kier alpha value is -2.25. The van der Waals surface area contributed by atoms with Crippen LogP contribution in [0, 0.1) is 12.7 Å². The maximum atomic E-state index is 13.1. The summed E-state index contributed by atoms with van der Waals surface area (Å²) in [7, 11) is 0. The average molecular weight is 359 g/mol. The largest absolute Gasteiger partial charge is 0.296 e. The minimum absolute atomic E-state index is 0.212. The number of rotatable bonds is 5. The Balaban J connectivity index is 1.60. The summed E-state index contributed by atoms with van der Waals surface area (Å²) in [5.41, 5.74) is 2.48. The first kappa shape index (κ1) is 16.6. The zero-order valence-corrected chi connectivity index (χ0v) is 14.5. The molecule has 0 radical (unpaired) electrons. The van der Waals surface area contributed by atoms with Gasteiger partial charge in [-0.3, -0.25) is 10.1 Å². The molecule has 0 spiro atoms. The summed E-state index contributed by atoms with van der Waals surface area (Å²) in [6, 6.07) is 13.8. The summed E-state index contributed by atoms with van der Waals surface area (Å²) in [4.78, 5) is 12.2. The number of hydrogen-bond acceptors (Lipinski definition) is 5. The van der Waals surface area contributed by atoms with Crippen LogP contribution >= 0.6 is 23.1 Å². The summed E-state index contributed by atoms with van der Waals surface area (Å²) >= 11 is 2.75. The predicted molar refractivity (Wildman–Crippen MR) is 95.0 cm³/mol. The zero-order valence-electron chi connectivity index (χ0n) is 12.8. The van der Waals surface area contributed by atoms with Crippen LogP contribution in [-0.2, 0) is 5.75 Å². The van der Waals surface area contributed by atoms with Crippen molar-refractivity contribution in [2.24, 2.45) is 0 Å². The van der Waals surface area contributed by atoms with Crippen molar-refractivity contribution in [2.75, 3.05) is 5.32 Å². The van der Waals surface area contributed by atoms with Crippen LogP contribution in [0.5, 0.6) is 0 Å². The minimum atomic E-state index is -0.253. The van der Waals surface area contributed by atoms with E-state index in [4.69, 9.17) is 0 Å². The number of carbonyl (C=O) groups is 1. The van der Waals surface area contributed by atoms with Crippen LogP contribution < -0.4 is 5.32 Å². The molecule has 0 aliphatic heterocycles. The summed E-state index contributed by atoms with van der Waals surface area (Å²) in [6.07, 6.45) is 0. The van der Waals surface area contributed by atoms with E-state index in [9.17, 15) is 9.18 Å². The molecule has 0 bridgehead atoms. The number of amides is 1. The average Bonchev–Trinajstić information content (AvgIpc) is 3.00. The SMILES string of the molecule is Cc1cccc(C(=O)Nc2nnc(SCc3cccc(F)c3)s2)c1. The second-order valence-corrected chi connectivity index (χ2v) is 7.32. The predicted octanol–water partition coefficient (Wildman–Crippen LogP) is 4.53. The van der Waals surface area contributed by atoms with Crippen molar-refractivity contribution < 1.29 is 9.18 Å². The van der Waals surface area contributed by atoms with Gasteiger partial charge in [-0.2, -0.15) is 0 Å². The van der Waals surface area contributed by atoms with Crippen LogP contribution in [0.25, 0.3) is 0 Å². The molecule has 1 aromatic heterocycles. The van der Waals surface area contributed by atoms with E-state index in [1.165, 1.54) is 35.2 Å². The van der Waals surface area contributed by atoms with E-state index in [2.05, 4.69) is 15.5 Å². The maximum absolute atomic E-state index is 13.1. The van der Waals surface area contributed by atoms with Gasteiger partial charge in [0.05, 0.1) is 0 Å². The molecule has 0 atom stereocenters. The molecule has 7 heteroatoms. The van der Waals surface area contributed by atoms with Gasteiger partial charge >= 0.3 is 0 Å². The Labute approximate surface area is 147 Å². The topological polar surface area (TPSA) is 54.9 Å². The van der Waals surface area contributed by atoms with Gasteiger partial charge in [0, 0.05) is 11.3 Å². The zero-order chi connectivity index (χ0) is 16.9. The molecule has 0 saturated heterocycles. The van der Waals surface area contributed by atoms with Crippen molar-refractivity contribution in [1.82, 2.24) is 10.2 Å². The molecule has 122 valence electrons. The molecule has 0 unspecified atom stereocenters. The lowest BCUT2D eigenvalue weighted by atomic mass is 10.1. The second-order valence-electron chi connectivity index (χ2n) is 5.12. The Morgan fingerprint density at radius 2 is 2.04 bits per heavy atom. The third kappa shape index (κ3) is 4.39. The molecule has 1 N–H and O–H groups in total. The summed E-state index contributed by atoms with van der Waals surface area (Å²) in [5, 5.41) is 11.2. The number of carbonyl (C=O) groups excluding carboxylic acids is 1. The number of nitrogens with one attached hydrogen (secondary N) is 1. The van der Waals surface area contributed by atoms with Gasteiger partial charge in [-0.25, -0.2) is 4.39 Å². The van der Waals surface area contributed by atoms with E-state index in [0.717, 1.165) is 15.5 Å². The van der Waals surface area contributed by atoms with E-state index in [1.54, 1.807) is 12.1 Å². The number of aromatic nitrogens is 2. The summed E-state index contributed by atoms with van der Waals surface area (Å²) in [5.74, 6) is 0.131. The molecule has 3 aromatic rings. The van der Waals surface area contributed by atoms with Crippen molar-refractivity contribution in [1.29, 1.82) is 0 Å². The number of anilines is 1. The minimum Gasteiger partial charge on any atom is -0.296 e. The molecule has 24 heavy (non-hydrogen) atoms. The lowest BCUT2D eigenvalue weighted by Gasteiger charge is -2.01. The van der Waals surface area contributed by atoms with Gasteiger partial charge in [-0.05, 0) is 36.8 Å². The number of halogens is 1. The molecule has 0 saturated carbocycles. The third-order valence-corrected chi connectivity index (χ3v) is 5.20. The van der Waals surface area contributed by atoms with Crippen molar-refractivity contribution >= 4 is 34.1 Å². The van der Waals surface area contributed by atoms with Crippen LogP contribution in [0.2, 0.25) is 0 Å². The highest BCUT2D eigenvalue weighted by Gasteiger charge is 2.11. The van der Waals surface area contributed by atoms with Crippen molar-refractivity contribution in [3.05, 3.63) is 71.0 Å². The quantitative estimate of drug-likeness (QED) is 0.537. The van der Waals surface area contributed by atoms with Gasteiger partial charge < -0.3 is 0 Å². The highest BCUT2D eigenvalue weighted by atomic mass is 32.2. The summed E-state index contributed by atoms with van der Waals surface area (Å²) in [6.45, 7) is 1.93. The molecule has 0 fully saturated rings. The van der Waals surface area contributed by atoms with Crippen LogP contribution in [0.3, 0.4) is 0 Å². The highest BCUT2D eigenvalue weighted by molar-refractivity contribution is 8.00. The lowest BCUT2D eigenvalue weighted by molar-refractivity contribution is 0.102. The Kier molecular flexibility index (Phi) is 5.22. The lowest BCUT2D eigenvalue weighted by Crippen LogP contribution is -2.11. The normalized spacial score (nSPS) is 10.6. The fourth-order valence-electron chi connectivity index (χ4n) is 2.05. The standard InChI is InChI=1S/C17H14FN3OS2/c1-11-4-2-6-13(8-11)15(22)19-16-20-21-17(24-16)23-10-12-5-3-7-14(18)9-12/h2-9H,10H2,1H3,(H,19,20,22). The van der Waals surface area contributed by atoms with Gasteiger partial charge in [0.1, 0.15) is 5.82 Å². The second kappa shape index (κ2) is 7.55. The monoisotopic (exact) mass is 359 g/mol. The molecule has 3 rings (SSSR count). The maximum Gasteiger partial charge on any atom is 0.257 e. The molecular weight excluding hydrogens is 345 g/mol. The van der Waals surface area contributed by atoms with E-state index in [0.29, 0.717) is 16.4 Å². The van der Waals surface area contributed by atoms with Gasteiger partial charge in [-0.1, -0.05) is 52.9 Å². The van der Waals surface area contributed by atoms with E-state index < -0.39 is 0 Å². The fourth-order valence-corrected chi connectivity index (χ4v) is 3.74. The van der Waals surface area contributed by atoms with Crippen molar-refractivity contribution in [3.8, 4) is 0 Å². The van der Waals surface area contributed by atoms with E-state index in [-0.39, 0.29) is 11.7 Å². The number of hydrogen-bond donors (Lipinski definition) is 1. The summed E-state index contributed by atoms with van der Waals surface area (Å²) < 4.78 is 13.9. The Bertz CT molecular complexity index is 866. The van der Waals surface area contributed by atoms with Gasteiger partial charge in [0.25, 0.3) is 5.91 Å². The number of benzene rings is 2. The first-order valence-corrected chi connectivity index (χ1v) is 8.99. The Morgan fingerprint density at radius 3 is 2.83 bits per heavy atom. The first-order chi connectivity index (χ1) is 11.6. The van der Waals surface area contributed by atoms with E-state index in [1.807, 2.05) is 31.2 Å². The highest BCUT2D eigenvalue weighted by Crippen LogP contribution is 2.28. The fraction of sp³-hybridized carbons (Fsp3) is 0.118.